The van der Waals surface area contributed by atoms with Crippen molar-refractivity contribution in [3.05, 3.63) is 29.3 Å². The third-order valence-corrected chi connectivity index (χ3v) is 3.55. The summed E-state index contributed by atoms with van der Waals surface area (Å²) in [5.74, 6) is 0.709. The summed E-state index contributed by atoms with van der Waals surface area (Å²) in [5.41, 5.74) is 1.38. The van der Waals surface area contributed by atoms with Gasteiger partial charge in [-0.05, 0) is 0 Å². The summed E-state index contributed by atoms with van der Waals surface area (Å²) >= 11 is -1.92. The zero-order chi connectivity index (χ0) is 12.1. The number of hydrogen-bond donors (Lipinski definition) is 0. The molecule has 5 heteroatoms. The first kappa shape index (κ1) is 13.8. The zero-order valence-corrected chi connectivity index (χ0v) is 12.1. The molecule has 0 N–H and O–H groups in total. The van der Waals surface area contributed by atoms with Crippen molar-refractivity contribution in [1.82, 2.24) is 0 Å². The number of benzene rings is 1. The van der Waals surface area contributed by atoms with E-state index in [9.17, 15) is 4.79 Å². The average Bonchev–Trinajstić information content (AvgIpc) is 2.19. The molecule has 1 aromatic rings. The van der Waals surface area contributed by atoms with Crippen LogP contribution in [0.5, 0.6) is 5.75 Å². The Kier molecular flexibility index (Phi) is 5.61. The molecule has 0 spiro atoms. The fraction of sp³-hybridized carbons (Fsp3) is 0.273. The molecular formula is C11H12Cl2O2Ru. The topological polar surface area (TPSA) is 26.3 Å². The Morgan fingerprint density at radius 2 is 2.06 bits per heavy atom. The number of hydrogen-bond acceptors (Lipinski definition) is 2. The molecule has 0 unspecified atom stereocenters. The number of carbonyl (C=O) groups excluding carboxylic acids is 1. The van der Waals surface area contributed by atoms with E-state index < -0.39 is 13.5 Å². The number of halogens is 2. The second-order valence-corrected chi connectivity index (χ2v) is 9.11. The fourth-order valence-electron chi connectivity index (χ4n) is 1.16. The van der Waals surface area contributed by atoms with Crippen LogP contribution in [-0.2, 0) is 13.5 Å². The molecule has 2 nitrogen and oxygen atoms in total. The van der Waals surface area contributed by atoms with Crippen LogP contribution in [0.2, 0.25) is 0 Å². The van der Waals surface area contributed by atoms with E-state index >= 15 is 0 Å². The van der Waals surface area contributed by atoms with Gasteiger partial charge < -0.3 is 0 Å². The standard InChI is InChI=1S/C11H12O2.2ClH.Ru/c1-8(2)13-11-5-4-10(7-12)6-9(11)3;;;/h3-8H,1-2H3;2*1H;/q;;;+2/p-2. The molecule has 0 fully saturated rings. The Morgan fingerprint density at radius 1 is 1.38 bits per heavy atom. The van der Waals surface area contributed by atoms with Crippen LogP contribution < -0.4 is 4.74 Å². The molecule has 1 aromatic carbocycles. The van der Waals surface area contributed by atoms with E-state index in [-0.39, 0.29) is 6.10 Å². The van der Waals surface area contributed by atoms with Gasteiger partial charge in [-0.3, -0.25) is 0 Å². The Hall–Kier alpha value is -0.237. The molecule has 90 valence electrons. The molecule has 0 radical (unpaired) electrons. The third kappa shape index (κ3) is 4.33. The predicted octanol–water partition coefficient (Wildman–Crippen LogP) is 3.36. The van der Waals surface area contributed by atoms with Crippen LogP contribution in [0.15, 0.2) is 18.2 Å². The van der Waals surface area contributed by atoms with Gasteiger partial charge in [-0.2, -0.15) is 0 Å². The van der Waals surface area contributed by atoms with Gasteiger partial charge in [-0.1, -0.05) is 0 Å². The Morgan fingerprint density at radius 3 is 2.56 bits per heavy atom. The van der Waals surface area contributed by atoms with Crippen LogP contribution in [0.3, 0.4) is 0 Å². The van der Waals surface area contributed by atoms with Crippen molar-refractivity contribution in [2.75, 3.05) is 0 Å². The van der Waals surface area contributed by atoms with Gasteiger partial charge in [0.2, 0.25) is 0 Å². The second kappa shape index (κ2) is 6.49. The fourth-order valence-corrected chi connectivity index (χ4v) is 2.95. The van der Waals surface area contributed by atoms with E-state index in [1.165, 1.54) is 0 Å². The first-order valence-electron chi connectivity index (χ1n) is 4.62. The van der Waals surface area contributed by atoms with E-state index in [0.717, 1.165) is 11.8 Å². The monoisotopic (exact) mass is 348 g/mol. The van der Waals surface area contributed by atoms with Crippen molar-refractivity contribution in [2.45, 2.75) is 20.0 Å². The van der Waals surface area contributed by atoms with Crippen LogP contribution in [0.1, 0.15) is 29.8 Å². The summed E-state index contributed by atoms with van der Waals surface area (Å²) in [4.78, 5) is 10.7. The summed E-state index contributed by atoms with van der Waals surface area (Å²) in [5, 5.41) is 0. The van der Waals surface area contributed by atoms with Crippen LogP contribution in [0.4, 0.5) is 0 Å². The quantitative estimate of drug-likeness (QED) is 0.616. The normalized spacial score (nSPS) is 11.2. The molecule has 0 aliphatic carbocycles. The van der Waals surface area contributed by atoms with Crippen molar-refractivity contribution >= 4 is 30.3 Å². The van der Waals surface area contributed by atoms with Gasteiger partial charge in [-0.15, -0.1) is 0 Å². The summed E-state index contributed by atoms with van der Waals surface area (Å²) < 4.78 is 7.38. The van der Waals surface area contributed by atoms with Crippen LogP contribution in [0, 0.1) is 0 Å². The summed E-state index contributed by atoms with van der Waals surface area (Å²) in [6, 6.07) is 5.21. The van der Waals surface area contributed by atoms with Crippen molar-refractivity contribution in [2.24, 2.45) is 0 Å². The van der Waals surface area contributed by atoms with Gasteiger partial charge in [0.25, 0.3) is 0 Å². The number of aldehydes is 1. The molecule has 16 heavy (non-hydrogen) atoms. The van der Waals surface area contributed by atoms with Crippen molar-refractivity contribution in [1.29, 1.82) is 0 Å². The summed E-state index contributed by atoms with van der Waals surface area (Å²) in [6.07, 6.45) is 0.858. The molecule has 0 aliphatic rings. The summed E-state index contributed by atoms with van der Waals surface area (Å²) in [6.45, 7) is 3.88. The van der Waals surface area contributed by atoms with E-state index in [0.29, 0.717) is 11.3 Å². The van der Waals surface area contributed by atoms with E-state index in [2.05, 4.69) is 0 Å². The van der Waals surface area contributed by atoms with Crippen LogP contribution >= 0.6 is 19.4 Å². The van der Waals surface area contributed by atoms with Crippen LogP contribution in [-0.4, -0.2) is 17.0 Å². The number of ether oxygens (including phenoxy) is 1. The molecule has 0 atom stereocenters. The molecule has 0 saturated carbocycles. The van der Waals surface area contributed by atoms with Crippen LogP contribution in [0.25, 0.3) is 0 Å². The first-order valence-corrected chi connectivity index (χ1v) is 10.1. The van der Waals surface area contributed by atoms with E-state index in [1.807, 2.05) is 13.8 Å². The molecule has 0 aromatic heterocycles. The first-order chi connectivity index (χ1) is 7.52. The Labute approximate surface area is 108 Å². The minimum atomic E-state index is -1.92. The third-order valence-electron chi connectivity index (χ3n) is 1.72. The van der Waals surface area contributed by atoms with Crippen molar-refractivity contribution in [3.63, 3.8) is 0 Å². The molecule has 0 amide bonds. The van der Waals surface area contributed by atoms with Gasteiger partial charge in [0.15, 0.2) is 0 Å². The van der Waals surface area contributed by atoms with Gasteiger partial charge in [-0.25, -0.2) is 0 Å². The molecule has 0 aliphatic heterocycles. The van der Waals surface area contributed by atoms with E-state index in [1.54, 1.807) is 22.8 Å². The Bertz CT molecular complexity index is 412. The minimum absolute atomic E-state index is 0.0699. The molecule has 0 heterocycles. The van der Waals surface area contributed by atoms with E-state index in [4.69, 9.17) is 24.1 Å². The molecule has 1 rings (SSSR count). The molecule has 0 saturated heterocycles. The van der Waals surface area contributed by atoms with Crippen molar-refractivity contribution in [3.8, 4) is 5.75 Å². The maximum atomic E-state index is 10.7. The summed E-state index contributed by atoms with van der Waals surface area (Å²) in [7, 11) is 11.7. The number of carbonyl (C=O) groups is 1. The van der Waals surface area contributed by atoms with Gasteiger partial charge in [0.05, 0.1) is 0 Å². The maximum absolute atomic E-state index is 10.7. The van der Waals surface area contributed by atoms with Crippen molar-refractivity contribution < 1.29 is 23.0 Å². The number of rotatable bonds is 4. The SMILES string of the molecule is CC(C)Oc1ccc(C=O)cc1[CH]=[Ru]([Cl])[Cl]. The van der Waals surface area contributed by atoms with Gasteiger partial charge in [0.1, 0.15) is 0 Å². The van der Waals surface area contributed by atoms with Gasteiger partial charge in [0, 0.05) is 0 Å². The second-order valence-electron chi connectivity index (χ2n) is 3.39. The Balaban J connectivity index is 3.16. The zero-order valence-electron chi connectivity index (χ0n) is 8.89. The predicted molar refractivity (Wildman–Crippen MR) is 64.5 cm³/mol. The average molecular weight is 348 g/mol. The van der Waals surface area contributed by atoms with Gasteiger partial charge >= 0.3 is 108 Å². The molecule has 0 bridgehead atoms. The molecular weight excluding hydrogens is 336 g/mol.